The van der Waals surface area contributed by atoms with Crippen LogP contribution in [-0.2, 0) is 4.57 Å². The zero-order valence-electron chi connectivity index (χ0n) is 9.38. The molecule has 0 unspecified atom stereocenters. The highest BCUT2D eigenvalue weighted by molar-refractivity contribution is 7.45. The minimum atomic E-state index is -4.64. The van der Waals surface area contributed by atoms with Crippen molar-refractivity contribution >= 4 is 21.1 Å². The van der Waals surface area contributed by atoms with Crippen LogP contribution in [0.1, 0.15) is 0 Å². The smallest absolute Gasteiger partial charge is 0.303 e. The van der Waals surface area contributed by atoms with Gasteiger partial charge in [0, 0.05) is 0 Å². The van der Waals surface area contributed by atoms with E-state index >= 15 is 0 Å². The van der Waals surface area contributed by atoms with Gasteiger partial charge in [-0.25, -0.2) is 8.96 Å². The van der Waals surface area contributed by atoms with Gasteiger partial charge >= 0.3 is 7.82 Å². The van der Waals surface area contributed by atoms with E-state index in [1.807, 2.05) is 12.1 Å². The van der Waals surface area contributed by atoms with Gasteiger partial charge in [-0.3, -0.25) is 0 Å². The highest BCUT2D eigenvalue weighted by Crippen LogP contribution is 2.25. The molecule has 0 amide bonds. The number of phosphoric acid groups is 1. The number of benzene rings is 1. The molecule has 0 bridgehead atoms. The van der Waals surface area contributed by atoms with Crippen LogP contribution >= 0.6 is 7.82 Å². The SMILES string of the molecule is C[Si](C)(C)c1ccccc1F.O=P(O)(O)O. The zero-order chi connectivity index (χ0) is 13.0. The summed E-state index contributed by atoms with van der Waals surface area (Å²) in [6.07, 6.45) is 0. The van der Waals surface area contributed by atoms with Gasteiger partial charge in [-0.05, 0) is 11.3 Å². The summed E-state index contributed by atoms with van der Waals surface area (Å²) in [6, 6.07) is 7.06. The van der Waals surface area contributed by atoms with Gasteiger partial charge in [-0.1, -0.05) is 37.8 Å². The molecule has 0 heterocycles. The maximum Gasteiger partial charge on any atom is 0.466 e. The number of hydrogen-bond donors (Lipinski definition) is 3. The van der Waals surface area contributed by atoms with Crippen molar-refractivity contribution in [3.8, 4) is 0 Å². The van der Waals surface area contributed by atoms with Gasteiger partial charge in [0.1, 0.15) is 5.82 Å². The minimum Gasteiger partial charge on any atom is -0.303 e. The third kappa shape index (κ3) is 7.73. The van der Waals surface area contributed by atoms with E-state index in [9.17, 15) is 4.39 Å². The molecular weight excluding hydrogens is 250 g/mol. The minimum absolute atomic E-state index is 0.0494. The van der Waals surface area contributed by atoms with Crippen LogP contribution < -0.4 is 5.19 Å². The molecule has 0 aliphatic rings. The Hall–Kier alpha value is -0.523. The molecule has 1 aromatic carbocycles. The van der Waals surface area contributed by atoms with Gasteiger partial charge < -0.3 is 14.7 Å². The lowest BCUT2D eigenvalue weighted by atomic mass is 10.3. The molecule has 0 atom stereocenters. The standard InChI is InChI=1S/C9H13FSi.H3O4P/c1-11(2,3)9-7-5-4-6-8(9)10;1-5(2,3)4/h4-7H,1-3H3;(H3,1,2,3,4). The zero-order valence-corrected chi connectivity index (χ0v) is 11.3. The Morgan fingerprint density at radius 1 is 1.12 bits per heavy atom. The van der Waals surface area contributed by atoms with E-state index < -0.39 is 15.9 Å². The van der Waals surface area contributed by atoms with Gasteiger partial charge in [-0.2, -0.15) is 0 Å². The topological polar surface area (TPSA) is 77.8 Å². The quantitative estimate of drug-likeness (QED) is 0.531. The summed E-state index contributed by atoms with van der Waals surface area (Å²) < 4.78 is 22.0. The number of hydrogen-bond acceptors (Lipinski definition) is 1. The highest BCUT2D eigenvalue weighted by atomic mass is 31.2. The van der Waals surface area contributed by atoms with Crippen molar-refractivity contribution < 1.29 is 23.6 Å². The summed E-state index contributed by atoms with van der Waals surface area (Å²) in [4.78, 5) is 21.6. The van der Waals surface area contributed by atoms with E-state index in [1.165, 1.54) is 6.07 Å². The molecule has 4 nitrogen and oxygen atoms in total. The van der Waals surface area contributed by atoms with E-state index in [-0.39, 0.29) is 5.82 Å². The maximum atomic E-state index is 13.1. The Bertz CT molecular complexity index is 377. The van der Waals surface area contributed by atoms with E-state index in [0.29, 0.717) is 0 Å². The summed E-state index contributed by atoms with van der Waals surface area (Å²) in [5.74, 6) is -0.0494. The Morgan fingerprint density at radius 3 is 1.75 bits per heavy atom. The summed E-state index contributed by atoms with van der Waals surface area (Å²) in [5.41, 5.74) is 0. The van der Waals surface area contributed by atoms with Crippen molar-refractivity contribution in [3.63, 3.8) is 0 Å². The molecule has 0 aliphatic heterocycles. The molecule has 1 rings (SSSR count). The molecule has 16 heavy (non-hydrogen) atoms. The molecule has 0 saturated carbocycles. The maximum absolute atomic E-state index is 13.1. The van der Waals surface area contributed by atoms with Crippen molar-refractivity contribution in [2.75, 3.05) is 0 Å². The fraction of sp³-hybridized carbons (Fsp3) is 0.333. The summed E-state index contributed by atoms with van der Waals surface area (Å²) >= 11 is 0. The Kier molecular flexibility index (Phi) is 5.51. The highest BCUT2D eigenvalue weighted by Gasteiger charge is 2.19. The first kappa shape index (κ1) is 15.5. The van der Waals surface area contributed by atoms with Crippen molar-refractivity contribution in [1.82, 2.24) is 0 Å². The van der Waals surface area contributed by atoms with Crippen molar-refractivity contribution in [2.24, 2.45) is 0 Å². The fourth-order valence-corrected chi connectivity index (χ4v) is 2.47. The van der Waals surface area contributed by atoms with Crippen LogP contribution in [0.5, 0.6) is 0 Å². The van der Waals surface area contributed by atoms with Gasteiger partial charge in [0.25, 0.3) is 0 Å². The lowest BCUT2D eigenvalue weighted by Crippen LogP contribution is -2.39. The van der Waals surface area contributed by atoms with Gasteiger partial charge in [0.2, 0.25) is 0 Å². The van der Waals surface area contributed by atoms with Crippen LogP contribution in [0.15, 0.2) is 24.3 Å². The van der Waals surface area contributed by atoms with Gasteiger partial charge in [0.05, 0.1) is 8.07 Å². The molecule has 7 heteroatoms. The van der Waals surface area contributed by atoms with E-state index in [2.05, 4.69) is 19.6 Å². The van der Waals surface area contributed by atoms with E-state index in [4.69, 9.17) is 19.2 Å². The Labute approximate surface area is 95.0 Å². The van der Waals surface area contributed by atoms with Crippen LogP contribution in [0.3, 0.4) is 0 Å². The lowest BCUT2D eigenvalue weighted by Gasteiger charge is -2.16. The Balaban J connectivity index is 0.000000385. The van der Waals surface area contributed by atoms with Crippen molar-refractivity contribution in [2.45, 2.75) is 19.6 Å². The molecule has 0 radical (unpaired) electrons. The lowest BCUT2D eigenvalue weighted by molar-refractivity contribution is 0.275. The molecule has 0 fully saturated rings. The molecule has 3 N–H and O–H groups in total. The normalized spacial score (nSPS) is 11.7. The van der Waals surface area contributed by atoms with E-state index in [0.717, 1.165) is 5.19 Å². The van der Waals surface area contributed by atoms with Crippen LogP contribution in [0.25, 0.3) is 0 Å². The average molecular weight is 266 g/mol. The largest absolute Gasteiger partial charge is 0.466 e. The molecular formula is C9H16FO4PSi. The monoisotopic (exact) mass is 266 g/mol. The molecule has 0 aliphatic carbocycles. The predicted octanol–water partition coefficient (Wildman–Crippen LogP) is 1.44. The average Bonchev–Trinajstić information content (AvgIpc) is 1.99. The fourth-order valence-electron chi connectivity index (χ4n) is 1.07. The van der Waals surface area contributed by atoms with Crippen LogP contribution in [-0.4, -0.2) is 22.8 Å². The Morgan fingerprint density at radius 2 is 1.50 bits per heavy atom. The van der Waals surface area contributed by atoms with Crippen molar-refractivity contribution in [1.29, 1.82) is 0 Å². The summed E-state index contributed by atoms with van der Waals surface area (Å²) in [6.45, 7) is 6.43. The van der Waals surface area contributed by atoms with Gasteiger partial charge in [0.15, 0.2) is 0 Å². The molecule has 92 valence electrons. The third-order valence-corrected chi connectivity index (χ3v) is 3.70. The molecule has 0 aromatic heterocycles. The number of rotatable bonds is 1. The summed E-state index contributed by atoms with van der Waals surface area (Å²) in [5, 5.41) is 0.917. The molecule has 0 spiro atoms. The van der Waals surface area contributed by atoms with Crippen molar-refractivity contribution in [3.05, 3.63) is 30.1 Å². The van der Waals surface area contributed by atoms with Crippen LogP contribution in [0, 0.1) is 5.82 Å². The first-order valence-electron chi connectivity index (χ1n) is 4.55. The van der Waals surface area contributed by atoms with Crippen LogP contribution in [0.2, 0.25) is 19.6 Å². The third-order valence-electron chi connectivity index (χ3n) is 1.68. The first-order chi connectivity index (χ1) is 7.02. The number of halogens is 1. The molecule has 1 aromatic rings. The second-order valence-electron chi connectivity index (χ2n) is 4.24. The first-order valence-corrected chi connectivity index (χ1v) is 9.61. The molecule has 0 saturated heterocycles. The predicted molar refractivity (Wildman–Crippen MR) is 63.6 cm³/mol. The van der Waals surface area contributed by atoms with E-state index in [1.54, 1.807) is 6.07 Å². The summed E-state index contributed by atoms with van der Waals surface area (Å²) in [7, 11) is -6.09. The second-order valence-corrected chi connectivity index (χ2v) is 10.3. The van der Waals surface area contributed by atoms with Gasteiger partial charge in [-0.15, -0.1) is 0 Å². The second kappa shape index (κ2) is 5.70. The van der Waals surface area contributed by atoms with Crippen LogP contribution in [0.4, 0.5) is 4.39 Å².